The second kappa shape index (κ2) is 5.09. The molecule has 0 amide bonds. The van der Waals surface area contributed by atoms with Crippen LogP contribution in [0.25, 0.3) is 0 Å². The number of nitrogens with zero attached hydrogens (tertiary/aromatic N) is 1. The number of piperazine rings is 1. The standard InChI is InChI=1S/C14H19BrN2/c15-13-3-1-11(2-4-13)14-9-12(14)10-17-7-5-16-6-8-17/h1-4,12,14,16H,5-10H2/t12-,14-/m1/s1. The molecule has 1 N–H and O–H groups in total. The molecule has 2 aliphatic rings. The van der Waals surface area contributed by atoms with Crippen LogP contribution in [0.1, 0.15) is 17.9 Å². The Morgan fingerprint density at radius 1 is 1.18 bits per heavy atom. The lowest BCUT2D eigenvalue weighted by Gasteiger charge is -2.27. The highest BCUT2D eigenvalue weighted by Crippen LogP contribution is 2.47. The van der Waals surface area contributed by atoms with Gasteiger partial charge in [-0.1, -0.05) is 28.1 Å². The molecule has 0 aromatic heterocycles. The number of halogens is 1. The maximum absolute atomic E-state index is 3.49. The van der Waals surface area contributed by atoms with E-state index >= 15 is 0 Å². The molecule has 0 bridgehead atoms. The summed E-state index contributed by atoms with van der Waals surface area (Å²) in [5.74, 6) is 1.72. The molecular formula is C14H19BrN2. The molecule has 1 saturated carbocycles. The number of benzene rings is 1. The van der Waals surface area contributed by atoms with Crippen LogP contribution in [-0.2, 0) is 0 Å². The van der Waals surface area contributed by atoms with Crippen molar-refractivity contribution in [2.45, 2.75) is 12.3 Å². The van der Waals surface area contributed by atoms with E-state index in [0.717, 1.165) is 24.9 Å². The Labute approximate surface area is 112 Å². The molecular weight excluding hydrogens is 276 g/mol. The molecule has 2 nitrogen and oxygen atoms in total. The molecule has 3 heteroatoms. The topological polar surface area (TPSA) is 15.3 Å². The fraction of sp³-hybridized carbons (Fsp3) is 0.571. The molecule has 1 aliphatic heterocycles. The maximum Gasteiger partial charge on any atom is 0.0175 e. The normalized spacial score (nSPS) is 29.2. The monoisotopic (exact) mass is 294 g/mol. The Morgan fingerprint density at radius 2 is 1.88 bits per heavy atom. The van der Waals surface area contributed by atoms with E-state index < -0.39 is 0 Å². The number of nitrogens with one attached hydrogen (secondary N) is 1. The lowest BCUT2D eigenvalue weighted by Crippen LogP contribution is -2.44. The van der Waals surface area contributed by atoms with Crippen LogP contribution in [0.3, 0.4) is 0 Å². The van der Waals surface area contributed by atoms with E-state index in [0.29, 0.717) is 0 Å². The average Bonchev–Trinajstić information content (AvgIpc) is 3.11. The van der Waals surface area contributed by atoms with Crippen LogP contribution in [-0.4, -0.2) is 37.6 Å². The predicted octanol–water partition coefficient (Wildman–Crippen LogP) is 2.46. The third kappa shape index (κ3) is 2.90. The van der Waals surface area contributed by atoms with Gasteiger partial charge in [0.1, 0.15) is 0 Å². The van der Waals surface area contributed by atoms with E-state index in [2.05, 4.69) is 50.4 Å². The van der Waals surface area contributed by atoms with Gasteiger partial charge in [-0.25, -0.2) is 0 Å². The van der Waals surface area contributed by atoms with Gasteiger partial charge in [0.05, 0.1) is 0 Å². The molecule has 1 aromatic carbocycles. The highest BCUT2D eigenvalue weighted by atomic mass is 79.9. The summed E-state index contributed by atoms with van der Waals surface area (Å²) in [5.41, 5.74) is 1.52. The SMILES string of the molecule is Brc1ccc([C@H]2C[C@@H]2CN2CCNCC2)cc1. The quantitative estimate of drug-likeness (QED) is 0.921. The van der Waals surface area contributed by atoms with Crippen molar-refractivity contribution >= 4 is 15.9 Å². The number of hydrogen-bond acceptors (Lipinski definition) is 2. The summed E-state index contributed by atoms with van der Waals surface area (Å²) in [6.45, 7) is 6.07. The number of hydrogen-bond donors (Lipinski definition) is 1. The van der Waals surface area contributed by atoms with Gasteiger partial charge in [-0.15, -0.1) is 0 Å². The van der Waals surface area contributed by atoms with Crippen LogP contribution in [0, 0.1) is 5.92 Å². The van der Waals surface area contributed by atoms with Crippen LogP contribution in [0.4, 0.5) is 0 Å². The van der Waals surface area contributed by atoms with Gasteiger partial charge in [0.15, 0.2) is 0 Å². The Hall–Kier alpha value is -0.380. The summed E-state index contributed by atoms with van der Waals surface area (Å²) in [6, 6.07) is 8.87. The van der Waals surface area contributed by atoms with Gasteiger partial charge in [-0.05, 0) is 36.0 Å². The van der Waals surface area contributed by atoms with Gasteiger partial charge in [-0.3, -0.25) is 0 Å². The van der Waals surface area contributed by atoms with E-state index in [-0.39, 0.29) is 0 Å². The van der Waals surface area contributed by atoms with Crippen molar-refractivity contribution in [2.75, 3.05) is 32.7 Å². The van der Waals surface area contributed by atoms with Gasteiger partial charge in [0.2, 0.25) is 0 Å². The first-order chi connectivity index (χ1) is 8.33. The van der Waals surface area contributed by atoms with E-state index in [1.54, 1.807) is 0 Å². The van der Waals surface area contributed by atoms with Crippen molar-refractivity contribution in [3.05, 3.63) is 34.3 Å². The van der Waals surface area contributed by atoms with Gasteiger partial charge >= 0.3 is 0 Å². The Balaban J connectivity index is 1.53. The third-order valence-corrected chi connectivity index (χ3v) is 4.45. The Bertz CT molecular complexity index is 370. The number of rotatable bonds is 3. The van der Waals surface area contributed by atoms with Gasteiger partial charge in [-0.2, -0.15) is 0 Å². The van der Waals surface area contributed by atoms with E-state index in [1.807, 2.05) is 0 Å². The summed E-state index contributed by atoms with van der Waals surface area (Å²) >= 11 is 3.49. The minimum Gasteiger partial charge on any atom is -0.314 e. The summed E-state index contributed by atoms with van der Waals surface area (Å²) in [5, 5.41) is 3.41. The molecule has 0 spiro atoms. The van der Waals surface area contributed by atoms with Crippen molar-refractivity contribution in [3.63, 3.8) is 0 Å². The highest BCUT2D eigenvalue weighted by Gasteiger charge is 2.39. The third-order valence-electron chi connectivity index (χ3n) is 3.92. The molecule has 17 heavy (non-hydrogen) atoms. The van der Waals surface area contributed by atoms with Crippen molar-refractivity contribution in [2.24, 2.45) is 5.92 Å². The van der Waals surface area contributed by atoms with Crippen molar-refractivity contribution in [1.29, 1.82) is 0 Å². The van der Waals surface area contributed by atoms with Crippen LogP contribution >= 0.6 is 15.9 Å². The molecule has 1 aliphatic carbocycles. The van der Waals surface area contributed by atoms with Crippen LogP contribution < -0.4 is 5.32 Å². The molecule has 2 atom stereocenters. The molecule has 92 valence electrons. The zero-order chi connectivity index (χ0) is 11.7. The fourth-order valence-corrected chi connectivity index (χ4v) is 3.06. The summed E-state index contributed by atoms with van der Waals surface area (Å²) < 4.78 is 1.18. The van der Waals surface area contributed by atoms with Crippen LogP contribution in [0.5, 0.6) is 0 Å². The minimum absolute atomic E-state index is 0.818. The molecule has 3 rings (SSSR count). The van der Waals surface area contributed by atoms with Crippen LogP contribution in [0.15, 0.2) is 28.7 Å². The van der Waals surface area contributed by atoms with Crippen molar-refractivity contribution in [1.82, 2.24) is 10.2 Å². The first kappa shape index (κ1) is 11.7. The molecule has 0 radical (unpaired) electrons. The molecule has 2 fully saturated rings. The fourth-order valence-electron chi connectivity index (χ4n) is 2.79. The Morgan fingerprint density at radius 3 is 2.59 bits per heavy atom. The highest BCUT2D eigenvalue weighted by molar-refractivity contribution is 9.10. The van der Waals surface area contributed by atoms with E-state index in [4.69, 9.17) is 0 Å². The van der Waals surface area contributed by atoms with Gasteiger partial charge in [0.25, 0.3) is 0 Å². The summed E-state index contributed by atoms with van der Waals surface area (Å²) in [4.78, 5) is 2.61. The van der Waals surface area contributed by atoms with Crippen molar-refractivity contribution in [3.8, 4) is 0 Å². The van der Waals surface area contributed by atoms with Gasteiger partial charge in [0, 0.05) is 37.2 Å². The maximum atomic E-state index is 3.49. The van der Waals surface area contributed by atoms with Crippen LogP contribution in [0.2, 0.25) is 0 Å². The van der Waals surface area contributed by atoms with Gasteiger partial charge < -0.3 is 10.2 Å². The molecule has 0 unspecified atom stereocenters. The first-order valence-corrected chi connectivity index (χ1v) is 7.31. The zero-order valence-electron chi connectivity index (χ0n) is 10.0. The molecule has 1 aromatic rings. The first-order valence-electron chi connectivity index (χ1n) is 6.51. The summed E-state index contributed by atoms with van der Waals surface area (Å²) in [7, 11) is 0. The second-order valence-corrected chi connectivity index (χ2v) is 6.12. The van der Waals surface area contributed by atoms with E-state index in [9.17, 15) is 0 Å². The lowest BCUT2D eigenvalue weighted by molar-refractivity contribution is 0.231. The zero-order valence-corrected chi connectivity index (χ0v) is 11.6. The lowest BCUT2D eigenvalue weighted by atomic mass is 10.1. The average molecular weight is 295 g/mol. The predicted molar refractivity (Wildman–Crippen MR) is 74.3 cm³/mol. The smallest absolute Gasteiger partial charge is 0.0175 e. The minimum atomic E-state index is 0.818. The Kier molecular flexibility index (Phi) is 3.50. The summed E-state index contributed by atoms with van der Waals surface area (Å²) in [6.07, 6.45) is 1.38. The largest absolute Gasteiger partial charge is 0.314 e. The molecule has 1 saturated heterocycles. The molecule has 1 heterocycles. The second-order valence-electron chi connectivity index (χ2n) is 5.20. The van der Waals surface area contributed by atoms with Crippen molar-refractivity contribution < 1.29 is 0 Å². The van der Waals surface area contributed by atoms with E-state index in [1.165, 1.54) is 36.1 Å².